The fraction of sp³-hybridized carbons (Fsp3) is 0.900. The van der Waals surface area contributed by atoms with E-state index < -0.39 is 5.30 Å². The highest BCUT2D eigenvalue weighted by Crippen LogP contribution is 2.25. The highest BCUT2D eigenvalue weighted by Gasteiger charge is 2.15. The summed E-state index contributed by atoms with van der Waals surface area (Å²) in [6.45, 7) is 9.26. The van der Waals surface area contributed by atoms with Crippen molar-refractivity contribution in [1.82, 2.24) is 0 Å². The van der Waals surface area contributed by atoms with Crippen molar-refractivity contribution in [2.24, 2.45) is 11.3 Å². The van der Waals surface area contributed by atoms with Gasteiger partial charge >= 0.3 is 5.30 Å². The second-order valence-electron chi connectivity index (χ2n) is 4.76. The first-order valence-electron chi connectivity index (χ1n) is 4.65. The van der Waals surface area contributed by atoms with Gasteiger partial charge in [0, 0.05) is 12.6 Å². The number of ether oxygens (including phenoxy) is 1. The van der Waals surface area contributed by atoms with Crippen LogP contribution in [0.25, 0.3) is 0 Å². The number of hydrogen-bond acceptors (Lipinski definition) is 2. The summed E-state index contributed by atoms with van der Waals surface area (Å²) in [5.41, 5.74) is 0.345. The Balaban J connectivity index is 3.52. The second kappa shape index (κ2) is 5.43. The summed E-state index contributed by atoms with van der Waals surface area (Å²) in [6.07, 6.45) is 2.04. The quantitative estimate of drug-likeness (QED) is 0.650. The molecule has 0 saturated heterocycles. The molecule has 0 amide bonds. The molecule has 0 heterocycles. The Bertz CT molecular complexity index is 161. The van der Waals surface area contributed by atoms with Gasteiger partial charge in [-0.2, -0.15) is 0 Å². The molecule has 3 heteroatoms. The van der Waals surface area contributed by atoms with Crippen LogP contribution in [0, 0.1) is 11.3 Å². The fourth-order valence-electron chi connectivity index (χ4n) is 1.49. The van der Waals surface area contributed by atoms with Gasteiger partial charge in [0.2, 0.25) is 0 Å². The number of hydrogen-bond donors (Lipinski definition) is 0. The third-order valence-electron chi connectivity index (χ3n) is 1.79. The van der Waals surface area contributed by atoms with Crippen molar-refractivity contribution >= 4 is 17.9 Å². The predicted octanol–water partition coefficient (Wildman–Crippen LogP) is 3.78. The molecule has 0 N–H and O–H groups in total. The largest absolute Gasteiger partial charge is 0.454 e. The highest BCUT2D eigenvalue weighted by molar-refractivity contribution is 7.96. The maximum Gasteiger partial charge on any atom is 0.400 e. The molecule has 1 atom stereocenters. The average molecular weight is 203 g/mol. The Morgan fingerprint density at radius 1 is 1.46 bits per heavy atom. The lowest BCUT2D eigenvalue weighted by atomic mass is 9.84. The lowest BCUT2D eigenvalue weighted by molar-refractivity contribution is 0.162. The molecule has 0 aromatic rings. The van der Waals surface area contributed by atoms with E-state index in [4.69, 9.17) is 4.74 Å². The van der Waals surface area contributed by atoms with Crippen molar-refractivity contribution < 1.29 is 9.53 Å². The van der Waals surface area contributed by atoms with E-state index in [2.05, 4.69) is 40.3 Å². The van der Waals surface area contributed by atoms with Gasteiger partial charge in [0.25, 0.3) is 0 Å². The molecule has 1 unspecified atom stereocenters. The number of carbonyl (C=O) groups excluding carboxylic acids is 1. The second-order valence-corrected chi connectivity index (χ2v) is 5.09. The van der Waals surface area contributed by atoms with Crippen LogP contribution in [0.2, 0.25) is 0 Å². The van der Waals surface area contributed by atoms with Crippen molar-refractivity contribution in [3.8, 4) is 0 Å². The summed E-state index contributed by atoms with van der Waals surface area (Å²) in [7, 11) is 0. The van der Waals surface area contributed by atoms with Crippen LogP contribution in [-0.2, 0) is 4.74 Å². The van der Waals surface area contributed by atoms with Crippen molar-refractivity contribution in [1.29, 1.82) is 0 Å². The normalized spacial score (nSPS) is 13.8. The van der Waals surface area contributed by atoms with E-state index in [0.29, 0.717) is 17.9 Å². The molecule has 0 spiro atoms. The molecular weight excluding hydrogens is 184 g/mol. The van der Waals surface area contributed by atoms with Gasteiger partial charge < -0.3 is 4.74 Å². The van der Waals surface area contributed by atoms with Gasteiger partial charge in [-0.1, -0.05) is 27.7 Å². The lowest BCUT2D eigenvalue weighted by Gasteiger charge is -2.22. The molecule has 0 fully saturated rings. The van der Waals surface area contributed by atoms with E-state index >= 15 is 0 Å². The number of rotatable bonds is 4. The van der Waals surface area contributed by atoms with Crippen LogP contribution < -0.4 is 0 Å². The Morgan fingerprint density at radius 2 is 2.00 bits per heavy atom. The molecule has 1 radical (unpaired) electrons. The van der Waals surface area contributed by atoms with E-state index in [0.717, 1.165) is 12.8 Å². The third-order valence-corrected chi connectivity index (χ3v) is 1.91. The Labute approximate surface area is 86.5 Å². The molecule has 2 nitrogen and oxygen atoms in total. The van der Waals surface area contributed by atoms with Gasteiger partial charge in [-0.25, -0.2) is 4.79 Å². The lowest BCUT2D eigenvalue weighted by Crippen LogP contribution is -2.13. The van der Waals surface area contributed by atoms with Gasteiger partial charge in [-0.05, 0) is 24.2 Å². The summed E-state index contributed by atoms with van der Waals surface area (Å²) in [5.74, 6) is 0.578. The summed E-state index contributed by atoms with van der Waals surface area (Å²) < 4.78 is 4.70. The molecule has 13 heavy (non-hydrogen) atoms. The summed E-state index contributed by atoms with van der Waals surface area (Å²) in [6, 6.07) is 0. The fourth-order valence-corrected chi connectivity index (χ4v) is 1.57. The molecule has 0 bridgehead atoms. The van der Waals surface area contributed by atoms with Crippen LogP contribution in [0.5, 0.6) is 0 Å². The molecule has 77 valence electrons. The van der Waals surface area contributed by atoms with Gasteiger partial charge in [0.1, 0.15) is 0 Å². The highest BCUT2D eigenvalue weighted by atomic mass is 32.1. The van der Waals surface area contributed by atoms with Crippen LogP contribution in [0.15, 0.2) is 0 Å². The first-order chi connectivity index (χ1) is 5.81. The molecule has 0 aliphatic carbocycles. The Morgan fingerprint density at radius 3 is 2.38 bits per heavy atom. The van der Waals surface area contributed by atoms with E-state index in [9.17, 15) is 4.79 Å². The van der Waals surface area contributed by atoms with Crippen LogP contribution in [0.4, 0.5) is 4.79 Å². The summed E-state index contributed by atoms with van der Waals surface area (Å²) in [4.78, 5) is 10.3. The van der Waals surface area contributed by atoms with Crippen molar-refractivity contribution in [3.63, 3.8) is 0 Å². The van der Waals surface area contributed by atoms with Gasteiger partial charge in [-0.15, -0.1) is 0 Å². The molecule has 0 aromatic carbocycles. The van der Waals surface area contributed by atoms with E-state index in [-0.39, 0.29) is 0 Å². The van der Waals surface area contributed by atoms with Gasteiger partial charge in [0.15, 0.2) is 0 Å². The van der Waals surface area contributed by atoms with E-state index in [1.165, 1.54) is 0 Å². The molecule has 0 aliphatic rings. The molecule has 0 aliphatic heterocycles. The molecular formula is C10H19O2S. The molecule has 0 saturated carbocycles. The standard InChI is InChI=1S/C10H19O2S/c1-8(7-10(2,3)4)5-6-12-9(11)13/h8H,5-7H2,1-4H3. The van der Waals surface area contributed by atoms with Crippen LogP contribution in [-0.4, -0.2) is 11.9 Å². The van der Waals surface area contributed by atoms with E-state index in [1.54, 1.807) is 0 Å². The smallest absolute Gasteiger partial charge is 0.400 e. The first kappa shape index (κ1) is 12.7. The zero-order valence-corrected chi connectivity index (χ0v) is 9.74. The molecule has 0 rings (SSSR count). The molecule has 0 aromatic heterocycles. The Kier molecular flexibility index (Phi) is 5.30. The topological polar surface area (TPSA) is 26.3 Å². The zero-order chi connectivity index (χ0) is 10.5. The first-order valence-corrected chi connectivity index (χ1v) is 5.06. The van der Waals surface area contributed by atoms with Crippen molar-refractivity contribution in [3.05, 3.63) is 0 Å². The minimum Gasteiger partial charge on any atom is -0.454 e. The third kappa shape index (κ3) is 9.61. The maximum absolute atomic E-state index is 10.3. The van der Waals surface area contributed by atoms with Gasteiger partial charge in [0.05, 0.1) is 6.61 Å². The average Bonchev–Trinajstić information content (AvgIpc) is 1.81. The minimum absolute atomic E-state index is 0.345. The van der Waals surface area contributed by atoms with Crippen molar-refractivity contribution in [2.45, 2.75) is 40.5 Å². The van der Waals surface area contributed by atoms with Crippen LogP contribution >= 0.6 is 12.6 Å². The summed E-state index contributed by atoms with van der Waals surface area (Å²) >= 11 is 4.28. The zero-order valence-electron chi connectivity index (χ0n) is 8.92. The van der Waals surface area contributed by atoms with Crippen molar-refractivity contribution in [2.75, 3.05) is 6.61 Å². The minimum atomic E-state index is -0.594. The number of carbonyl (C=O) groups is 1. The Hall–Kier alpha value is -0.310. The SMILES string of the molecule is CC(CCOC(=O)[S])CC(C)(C)C. The predicted molar refractivity (Wildman–Crippen MR) is 56.8 cm³/mol. The van der Waals surface area contributed by atoms with Gasteiger partial charge in [-0.3, -0.25) is 0 Å². The monoisotopic (exact) mass is 203 g/mol. The van der Waals surface area contributed by atoms with Crippen LogP contribution in [0.3, 0.4) is 0 Å². The van der Waals surface area contributed by atoms with E-state index in [1.807, 2.05) is 0 Å². The summed E-state index contributed by atoms with van der Waals surface area (Å²) in [5, 5.41) is -0.594. The van der Waals surface area contributed by atoms with Crippen LogP contribution in [0.1, 0.15) is 40.5 Å². The maximum atomic E-state index is 10.3.